The molecule has 0 unspecified atom stereocenters. The van der Waals surface area contributed by atoms with Gasteiger partial charge in [0.25, 0.3) is 0 Å². The van der Waals surface area contributed by atoms with Gasteiger partial charge in [0.15, 0.2) is 0 Å². The van der Waals surface area contributed by atoms with Gasteiger partial charge in [-0.05, 0) is 73.1 Å². The van der Waals surface area contributed by atoms with Crippen LogP contribution in [0.4, 0.5) is 8.78 Å². The standard InChI is InChI=1S/C33H38F2N4O3/c1-21-31-27(34)11-12-28(35)33(31)39(15-4-16-42-2)32(21)25-5-3-14-38(20-25)30(41)18-26(36)17-22-6-8-23(9-7-22)24-10-13-29(40)37-19-24/h6-13,19,25-26H,3-5,14-18,20,36H2,1-2H3,(H,37,40)/t25-,26+/m0/s1. The van der Waals surface area contributed by atoms with Gasteiger partial charge in [-0.25, -0.2) is 8.78 Å². The number of pyridine rings is 1. The number of rotatable bonds is 10. The van der Waals surface area contributed by atoms with E-state index in [0.29, 0.717) is 44.5 Å². The van der Waals surface area contributed by atoms with E-state index in [0.717, 1.165) is 40.8 Å². The third-order valence-electron chi connectivity index (χ3n) is 8.29. The summed E-state index contributed by atoms with van der Waals surface area (Å²) in [7, 11) is 1.62. The molecule has 0 saturated carbocycles. The molecule has 1 amide bonds. The summed E-state index contributed by atoms with van der Waals surface area (Å²) in [6.45, 7) is 4.00. The van der Waals surface area contributed by atoms with E-state index in [1.54, 1.807) is 19.4 Å². The second-order valence-electron chi connectivity index (χ2n) is 11.2. The number of likely N-dealkylation sites (tertiary alicyclic amines) is 1. The maximum absolute atomic E-state index is 15.0. The number of ether oxygens (including phenoxy) is 1. The van der Waals surface area contributed by atoms with Crippen molar-refractivity contribution in [2.24, 2.45) is 5.73 Å². The highest BCUT2D eigenvalue weighted by molar-refractivity contribution is 5.87. The number of nitrogens with two attached hydrogens (primary N) is 1. The lowest BCUT2D eigenvalue weighted by Gasteiger charge is -2.34. The van der Waals surface area contributed by atoms with Gasteiger partial charge < -0.3 is 24.9 Å². The number of fused-ring (bicyclic) bond motifs is 1. The molecule has 0 aliphatic carbocycles. The van der Waals surface area contributed by atoms with Crippen LogP contribution >= 0.6 is 0 Å². The molecule has 3 N–H and O–H groups in total. The van der Waals surface area contributed by atoms with Crippen molar-refractivity contribution >= 4 is 16.8 Å². The monoisotopic (exact) mass is 576 g/mol. The Bertz CT molecular complexity index is 1590. The zero-order chi connectivity index (χ0) is 29.8. The summed E-state index contributed by atoms with van der Waals surface area (Å²) in [6, 6.07) is 13.2. The van der Waals surface area contributed by atoms with Crippen molar-refractivity contribution in [2.75, 3.05) is 26.8 Å². The molecule has 5 rings (SSSR count). The molecule has 1 saturated heterocycles. The third kappa shape index (κ3) is 6.32. The fourth-order valence-electron chi connectivity index (χ4n) is 6.32. The highest BCUT2D eigenvalue weighted by atomic mass is 19.1. The molecule has 3 heterocycles. The minimum Gasteiger partial charge on any atom is -0.385 e. The Morgan fingerprint density at radius 2 is 1.83 bits per heavy atom. The van der Waals surface area contributed by atoms with Crippen molar-refractivity contribution < 1.29 is 18.3 Å². The highest BCUT2D eigenvalue weighted by Crippen LogP contribution is 2.38. The lowest BCUT2D eigenvalue weighted by atomic mass is 9.91. The van der Waals surface area contributed by atoms with Crippen molar-refractivity contribution in [3.05, 3.63) is 93.5 Å². The first-order valence-electron chi connectivity index (χ1n) is 14.5. The van der Waals surface area contributed by atoms with Gasteiger partial charge in [-0.1, -0.05) is 24.3 Å². The second kappa shape index (κ2) is 13.0. The van der Waals surface area contributed by atoms with Gasteiger partial charge in [0.1, 0.15) is 11.6 Å². The van der Waals surface area contributed by atoms with Gasteiger partial charge in [-0.15, -0.1) is 0 Å². The first kappa shape index (κ1) is 29.7. The number of benzene rings is 2. The summed E-state index contributed by atoms with van der Waals surface area (Å²) in [5, 5.41) is 0.319. The number of H-pyrrole nitrogens is 1. The maximum atomic E-state index is 15.0. The fraction of sp³-hybridized carbons (Fsp3) is 0.394. The molecule has 7 nitrogen and oxygen atoms in total. The normalized spacial score (nSPS) is 16.2. The Kier molecular flexibility index (Phi) is 9.18. The fourth-order valence-corrected chi connectivity index (χ4v) is 6.32. The molecular weight excluding hydrogens is 538 g/mol. The molecule has 0 bridgehead atoms. The van der Waals surface area contributed by atoms with Crippen molar-refractivity contribution in [2.45, 2.75) is 57.5 Å². The Balaban J connectivity index is 1.28. The van der Waals surface area contributed by atoms with E-state index in [-0.39, 0.29) is 35.4 Å². The second-order valence-corrected chi connectivity index (χ2v) is 11.2. The Morgan fingerprint density at radius 3 is 2.55 bits per heavy atom. The number of nitrogens with zero attached hydrogens (tertiary/aromatic N) is 2. The van der Waals surface area contributed by atoms with Crippen LogP contribution < -0.4 is 11.3 Å². The number of amides is 1. The number of carbonyl (C=O) groups is 1. The molecule has 4 aromatic rings. The average Bonchev–Trinajstić information content (AvgIpc) is 3.29. The van der Waals surface area contributed by atoms with E-state index in [2.05, 4.69) is 4.98 Å². The van der Waals surface area contributed by atoms with E-state index < -0.39 is 11.6 Å². The molecule has 1 aliphatic rings. The number of hydrogen-bond donors (Lipinski definition) is 2. The molecule has 2 atom stereocenters. The SMILES string of the molecule is COCCCn1c([C@H]2CCCN(C(=O)C[C@H](N)Cc3ccc(-c4ccc(=O)[nH]c4)cc3)C2)c(C)c2c(F)ccc(F)c21. The predicted octanol–water partition coefficient (Wildman–Crippen LogP) is 5.29. The van der Waals surface area contributed by atoms with Gasteiger partial charge >= 0.3 is 0 Å². The van der Waals surface area contributed by atoms with Crippen molar-refractivity contribution in [1.82, 2.24) is 14.5 Å². The van der Waals surface area contributed by atoms with Gasteiger partial charge in [0.2, 0.25) is 11.5 Å². The van der Waals surface area contributed by atoms with Gasteiger partial charge in [-0.3, -0.25) is 9.59 Å². The number of halogens is 2. The zero-order valence-electron chi connectivity index (χ0n) is 24.2. The van der Waals surface area contributed by atoms with Gasteiger partial charge in [-0.2, -0.15) is 0 Å². The summed E-state index contributed by atoms with van der Waals surface area (Å²) < 4.78 is 37.1. The minimum absolute atomic E-state index is 0.00545. The van der Waals surface area contributed by atoms with Crippen LogP contribution in [-0.4, -0.2) is 53.2 Å². The summed E-state index contributed by atoms with van der Waals surface area (Å²) in [5.41, 5.74) is 11.1. The summed E-state index contributed by atoms with van der Waals surface area (Å²) in [5.74, 6) is -0.918. The number of piperidine rings is 1. The summed E-state index contributed by atoms with van der Waals surface area (Å²) in [4.78, 5) is 29.2. The van der Waals surface area contributed by atoms with E-state index in [1.807, 2.05) is 40.7 Å². The number of aromatic nitrogens is 2. The van der Waals surface area contributed by atoms with Crippen LogP contribution in [0.5, 0.6) is 0 Å². The Morgan fingerprint density at radius 1 is 1.10 bits per heavy atom. The summed E-state index contributed by atoms with van der Waals surface area (Å²) in [6.07, 6.45) is 4.76. The molecule has 222 valence electrons. The molecule has 1 aliphatic heterocycles. The zero-order valence-corrected chi connectivity index (χ0v) is 24.2. The minimum atomic E-state index is -0.445. The molecule has 42 heavy (non-hydrogen) atoms. The number of hydrogen-bond acceptors (Lipinski definition) is 4. The average molecular weight is 577 g/mol. The first-order chi connectivity index (χ1) is 20.3. The Labute approximate surface area is 244 Å². The largest absolute Gasteiger partial charge is 0.385 e. The molecular formula is C33H38F2N4O3. The molecule has 9 heteroatoms. The molecule has 1 fully saturated rings. The molecule has 0 radical (unpaired) electrons. The van der Waals surface area contributed by atoms with Crippen LogP contribution in [0, 0.1) is 18.6 Å². The molecule has 2 aromatic heterocycles. The van der Waals surface area contributed by atoms with E-state index in [4.69, 9.17) is 10.5 Å². The molecule has 0 spiro atoms. The van der Waals surface area contributed by atoms with Crippen LogP contribution in [-0.2, 0) is 22.5 Å². The number of nitrogens with one attached hydrogen (secondary N) is 1. The predicted molar refractivity (Wildman–Crippen MR) is 160 cm³/mol. The van der Waals surface area contributed by atoms with Gasteiger partial charge in [0.05, 0.1) is 5.52 Å². The van der Waals surface area contributed by atoms with E-state index in [9.17, 15) is 14.0 Å². The van der Waals surface area contributed by atoms with E-state index in [1.165, 1.54) is 18.2 Å². The van der Waals surface area contributed by atoms with Crippen molar-refractivity contribution in [3.63, 3.8) is 0 Å². The van der Waals surface area contributed by atoms with Gasteiger partial charge in [0, 0.05) is 75.1 Å². The lowest BCUT2D eigenvalue weighted by Crippen LogP contribution is -2.42. The Hall–Kier alpha value is -3.82. The number of carbonyl (C=O) groups excluding carboxylic acids is 1. The topological polar surface area (TPSA) is 93.3 Å². The summed E-state index contributed by atoms with van der Waals surface area (Å²) >= 11 is 0. The smallest absolute Gasteiger partial charge is 0.247 e. The van der Waals surface area contributed by atoms with Crippen LogP contribution in [0.3, 0.4) is 0 Å². The maximum Gasteiger partial charge on any atom is 0.247 e. The van der Waals surface area contributed by atoms with Crippen LogP contribution in [0.1, 0.15) is 48.4 Å². The lowest BCUT2D eigenvalue weighted by molar-refractivity contribution is -0.132. The van der Waals surface area contributed by atoms with Crippen LogP contribution in [0.15, 0.2) is 59.5 Å². The van der Waals surface area contributed by atoms with Crippen molar-refractivity contribution in [1.29, 1.82) is 0 Å². The van der Waals surface area contributed by atoms with Crippen LogP contribution in [0.2, 0.25) is 0 Å². The third-order valence-corrected chi connectivity index (χ3v) is 8.29. The number of methoxy groups -OCH3 is 1. The highest BCUT2D eigenvalue weighted by Gasteiger charge is 2.31. The first-order valence-corrected chi connectivity index (χ1v) is 14.5. The van der Waals surface area contributed by atoms with E-state index >= 15 is 4.39 Å². The quantitative estimate of drug-likeness (QED) is 0.251. The van der Waals surface area contributed by atoms with Crippen molar-refractivity contribution in [3.8, 4) is 11.1 Å². The van der Waals surface area contributed by atoms with Crippen LogP contribution in [0.25, 0.3) is 22.0 Å². The molecule has 2 aromatic carbocycles. The number of aromatic amines is 1. The number of aryl methyl sites for hydroxylation is 2.